The third-order valence-corrected chi connectivity index (χ3v) is 6.62. The first-order valence-electron chi connectivity index (χ1n) is 9.73. The molecular formula is C23H22N2O2S2. The van der Waals surface area contributed by atoms with Crippen LogP contribution in [0.25, 0.3) is 5.57 Å². The molecule has 1 fully saturated rings. The maximum Gasteiger partial charge on any atom is 0.271 e. The molecule has 0 aromatic heterocycles. The number of hydrogen-bond acceptors (Lipinski definition) is 4. The highest BCUT2D eigenvalue weighted by Gasteiger charge is 2.42. The molecule has 0 N–H and O–H groups in total. The molecule has 0 saturated carbocycles. The minimum Gasteiger partial charge on any atom is -0.308 e. The van der Waals surface area contributed by atoms with Crippen LogP contribution >= 0.6 is 24.0 Å². The Morgan fingerprint density at radius 2 is 1.76 bits per heavy atom. The highest BCUT2D eigenvalue weighted by molar-refractivity contribution is 8.27. The number of anilines is 2. The van der Waals surface area contributed by atoms with E-state index in [0.717, 1.165) is 40.9 Å². The number of carbonyl (C=O) groups is 2. The van der Waals surface area contributed by atoms with Gasteiger partial charge in [-0.1, -0.05) is 73.2 Å². The molecule has 2 aromatic rings. The summed E-state index contributed by atoms with van der Waals surface area (Å²) in [6.45, 7) is 6.73. The molecule has 29 heavy (non-hydrogen) atoms. The molecule has 0 atom stereocenters. The van der Waals surface area contributed by atoms with Crippen LogP contribution in [0, 0.1) is 13.8 Å². The largest absolute Gasteiger partial charge is 0.308 e. The van der Waals surface area contributed by atoms with Crippen LogP contribution in [0.15, 0.2) is 47.4 Å². The van der Waals surface area contributed by atoms with Crippen LogP contribution < -0.4 is 9.80 Å². The number of fused-ring (bicyclic) bond motifs is 1. The number of rotatable bonds is 4. The second kappa shape index (κ2) is 7.76. The molecule has 0 aliphatic carbocycles. The van der Waals surface area contributed by atoms with Crippen molar-refractivity contribution in [1.29, 1.82) is 0 Å². The van der Waals surface area contributed by atoms with Crippen LogP contribution in [0.5, 0.6) is 0 Å². The molecule has 0 spiro atoms. The second-order valence-corrected chi connectivity index (χ2v) is 8.97. The first-order chi connectivity index (χ1) is 13.9. The van der Waals surface area contributed by atoms with E-state index in [1.807, 2.05) is 56.3 Å². The van der Waals surface area contributed by atoms with E-state index in [0.29, 0.717) is 21.3 Å². The van der Waals surface area contributed by atoms with Gasteiger partial charge in [-0.3, -0.25) is 14.5 Å². The summed E-state index contributed by atoms with van der Waals surface area (Å²) in [5.74, 6) is -0.330. The van der Waals surface area contributed by atoms with Gasteiger partial charge in [0, 0.05) is 12.1 Å². The van der Waals surface area contributed by atoms with Crippen molar-refractivity contribution in [2.45, 2.75) is 33.6 Å². The summed E-state index contributed by atoms with van der Waals surface area (Å²) in [5, 5.41) is 0. The monoisotopic (exact) mass is 422 g/mol. The van der Waals surface area contributed by atoms with Crippen molar-refractivity contribution in [2.75, 3.05) is 16.3 Å². The lowest BCUT2D eigenvalue weighted by Gasteiger charge is -2.17. The number of hydrogen-bond donors (Lipinski definition) is 0. The van der Waals surface area contributed by atoms with Gasteiger partial charge in [-0.05, 0) is 38.0 Å². The Labute approximate surface area is 180 Å². The Balaban J connectivity index is 1.80. The number of unbranched alkanes of at least 4 members (excludes halogenated alkanes) is 1. The van der Waals surface area contributed by atoms with E-state index >= 15 is 0 Å². The minimum atomic E-state index is -0.220. The topological polar surface area (TPSA) is 40.6 Å². The first-order valence-corrected chi connectivity index (χ1v) is 11.0. The fourth-order valence-electron chi connectivity index (χ4n) is 3.82. The van der Waals surface area contributed by atoms with Gasteiger partial charge in [-0.25, -0.2) is 0 Å². The van der Waals surface area contributed by atoms with Crippen LogP contribution in [0.3, 0.4) is 0 Å². The Morgan fingerprint density at radius 3 is 2.48 bits per heavy atom. The molecule has 4 nitrogen and oxygen atoms in total. The molecular weight excluding hydrogens is 400 g/mol. The lowest BCUT2D eigenvalue weighted by molar-refractivity contribution is -0.115. The van der Waals surface area contributed by atoms with Crippen LogP contribution in [0.1, 0.15) is 36.5 Å². The van der Waals surface area contributed by atoms with Gasteiger partial charge in [0.25, 0.3) is 11.8 Å². The van der Waals surface area contributed by atoms with E-state index < -0.39 is 0 Å². The predicted octanol–water partition coefficient (Wildman–Crippen LogP) is 5.23. The number of para-hydroxylation sites is 1. The summed E-state index contributed by atoms with van der Waals surface area (Å²) in [4.78, 5) is 30.5. The molecule has 2 aliphatic heterocycles. The van der Waals surface area contributed by atoms with Crippen molar-refractivity contribution < 1.29 is 9.59 Å². The van der Waals surface area contributed by atoms with E-state index in [1.54, 1.807) is 9.80 Å². The van der Waals surface area contributed by atoms with Gasteiger partial charge in [0.15, 0.2) is 4.32 Å². The lowest BCUT2D eigenvalue weighted by Crippen LogP contribution is -2.30. The van der Waals surface area contributed by atoms with Crippen LogP contribution in [0.4, 0.5) is 11.4 Å². The zero-order chi connectivity index (χ0) is 20.7. The number of thioether (sulfide) groups is 1. The summed E-state index contributed by atoms with van der Waals surface area (Å²) in [7, 11) is 0. The molecule has 4 rings (SSSR count). The van der Waals surface area contributed by atoms with E-state index in [1.165, 1.54) is 11.8 Å². The molecule has 2 heterocycles. The van der Waals surface area contributed by atoms with Crippen LogP contribution in [-0.2, 0) is 9.59 Å². The maximum absolute atomic E-state index is 13.4. The molecule has 2 amide bonds. The average molecular weight is 423 g/mol. The summed E-state index contributed by atoms with van der Waals surface area (Å²) in [6, 6.07) is 13.6. The minimum absolute atomic E-state index is 0.110. The van der Waals surface area contributed by atoms with Crippen molar-refractivity contribution in [3.05, 3.63) is 64.1 Å². The molecule has 0 radical (unpaired) electrons. The molecule has 2 aliphatic rings. The zero-order valence-corrected chi connectivity index (χ0v) is 18.3. The third kappa shape index (κ3) is 3.30. The van der Waals surface area contributed by atoms with E-state index in [4.69, 9.17) is 12.2 Å². The number of aryl methyl sites for hydroxylation is 2. The molecule has 1 saturated heterocycles. The Bertz CT molecular complexity index is 1070. The van der Waals surface area contributed by atoms with Gasteiger partial charge in [-0.2, -0.15) is 0 Å². The lowest BCUT2D eigenvalue weighted by atomic mass is 10.1. The highest BCUT2D eigenvalue weighted by atomic mass is 32.2. The summed E-state index contributed by atoms with van der Waals surface area (Å²) in [6.07, 6.45) is 1.91. The second-order valence-electron chi connectivity index (χ2n) is 7.33. The number of amides is 2. The zero-order valence-electron chi connectivity index (χ0n) is 16.7. The summed E-state index contributed by atoms with van der Waals surface area (Å²) >= 11 is 6.77. The Hall–Kier alpha value is -2.44. The van der Waals surface area contributed by atoms with Crippen molar-refractivity contribution in [2.24, 2.45) is 0 Å². The average Bonchev–Trinajstić information content (AvgIpc) is 3.13. The Kier molecular flexibility index (Phi) is 5.32. The van der Waals surface area contributed by atoms with Crippen molar-refractivity contribution in [1.82, 2.24) is 0 Å². The van der Waals surface area contributed by atoms with Gasteiger partial charge in [0.05, 0.1) is 21.9 Å². The molecule has 2 aromatic carbocycles. The Morgan fingerprint density at radius 1 is 1.00 bits per heavy atom. The highest BCUT2D eigenvalue weighted by Crippen LogP contribution is 2.45. The first kappa shape index (κ1) is 19.9. The summed E-state index contributed by atoms with van der Waals surface area (Å²) < 4.78 is 0.460. The number of benzene rings is 2. The molecule has 6 heteroatoms. The molecule has 0 unspecified atom stereocenters. The standard InChI is InChI=1S/C23H22N2O2S2/c1-4-5-12-24-18-9-7-6-8-16(18)19(21(24)26)20-22(27)25(23(28)29-20)17-11-10-14(2)13-15(17)3/h6-11,13H,4-5,12H2,1-3H3. The van der Waals surface area contributed by atoms with Crippen LogP contribution in [-0.4, -0.2) is 22.7 Å². The van der Waals surface area contributed by atoms with Gasteiger partial charge < -0.3 is 4.90 Å². The van der Waals surface area contributed by atoms with Crippen molar-refractivity contribution in [3.8, 4) is 0 Å². The van der Waals surface area contributed by atoms with Gasteiger partial charge in [0.1, 0.15) is 0 Å². The van der Waals surface area contributed by atoms with E-state index in [2.05, 4.69) is 6.92 Å². The van der Waals surface area contributed by atoms with E-state index in [-0.39, 0.29) is 11.8 Å². The normalized spacial score (nSPS) is 18.8. The smallest absolute Gasteiger partial charge is 0.271 e. The number of nitrogens with zero attached hydrogens (tertiary/aromatic N) is 2. The maximum atomic E-state index is 13.4. The third-order valence-electron chi connectivity index (χ3n) is 5.25. The quantitative estimate of drug-likeness (QED) is 0.500. The van der Waals surface area contributed by atoms with E-state index in [9.17, 15) is 9.59 Å². The number of carbonyl (C=O) groups excluding carboxylic acids is 2. The molecule has 0 bridgehead atoms. The van der Waals surface area contributed by atoms with Crippen LogP contribution in [0.2, 0.25) is 0 Å². The summed E-state index contributed by atoms with van der Waals surface area (Å²) in [5.41, 5.74) is 5.04. The van der Waals surface area contributed by atoms with Crippen molar-refractivity contribution in [3.63, 3.8) is 0 Å². The number of thiocarbonyl (C=S) groups is 1. The SMILES string of the molecule is CCCCN1C(=O)C(=C2SC(=S)N(c3ccc(C)cc3C)C2=O)c2ccccc21. The fourth-order valence-corrected chi connectivity index (χ4v) is 5.18. The van der Waals surface area contributed by atoms with Crippen molar-refractivity contribution >= 4 is 57.1 Å². The predicted molar refractivity (Wildman–Crippen MR) is 124 cm³/mol. The van der Waals surface area contributed by atoms with Gasteiger partial charge in [0.2, 0.25) is 0 Å². The van der Waals surface area contributed by atoms with Gasteiger partial charge in [-0.15, -0.1) is 0 Å². The van der Waals surface area contributed by atoms with Gasteiger partial charge >= 0.3 is 0 Å². The molecule has 148 valence electrons. The fraction of sp³-hybridized carbons (Fsp3) is 0.261.